The molecule has 0 radical (unpaired) electrons. The van der Waals surface area contributed by atoms with E-state index in [-0.39, 0.29) is 0 Å². The van der Waals surface area contributed by atoms with Gasteiger partial charge in [-0.15, -0.1) is 0 Å². The smallest absolute Gasteiger partial charge is 0.309 e. The predicted molar refractivity (Wildman–Crippen MR) is 93.4 cm³/mol. The molecule has 0 aliphatic heterocycles. The van der Waals surface area contributed by atoms with Crippen LogP contribution in [0, 0.1) is 0 Å². The number of para-hydroxylation sites is 1. The number of halogens is 6. The summed E-state index contributed by atoms with van der Waals surface area (Å²) in [7, 11) is 0. The standard InChI is InChI=1S/C20H12F6N2/c21-19(22,23)18(20(24,25)26)12-5-7-13(8-6-12)28-16-4-2-1-3-14(16)15-11-27-10-9-17(15)28/h1-11,18H. The minimum atomic E-state index is -5.42. The third-order valence-corrected chi connectivity index (χ3v) is 4.61. The minimum Gasteiger partial charge on any atom is -0.309 e. The molecule has 0 bridgehead atoms. The summed E-state index contributed by atoms with van der Waals surface area (Å²) in [4.78, 5) is 4.10. The Bertz CT molecular complexity index is 1070. The van der Waals surface area contributed by atoms with Crippen LogP contribution in [0.3, 0.4) is 0 Å². The van der Waals surface area contributed by atoms with Crippen molar-refractivity contribution in [1.29, 1.82) is 0 Å². The van der Waals surface area contributed by atoms with Gasteiger partial charge in [-0.1, -0.05) is 30.3 Å². The fraction of sp³-hybridized carbons (Fsp3) is 0.150. The maximum absolute atomic E-state index is 13.0. The summed E-state index contributed by atoms with van der Waals surface area (Å²) in [5, 5.41) is 1.73. The van der Waals surface area contributed by atoms with Gasteiger partial charge >= 0.3 is 12.4 Å². The Morgan fingerprint density at radius 3 is 1.96 bits per heavy atom. The summed E-state index contributed by atoms with van der Waals surface area (Å²) in [6, 6.07) is 13.4. The Kier molecular flexibility index (Phi) is 4.10. The molecule has 144 valence electrons. The lowest BCUT2D eigenvalue weighted by atomic mass is 9.97. The molecule has 0 fully saturated rings. The van der Waals surface area contributed by atoms with E-state index in [1.807, 2.05) is 24.3 Å². The molecule has 0 saturated heterocycles. The summed E-state index contributed by atoms with van der Waals surface area (Å²) in [5.41, 5.74) is 1.16. The van der Waals surface area contributed by atoms with Gasteiger partial charge in [0.05, 0.1) is 11.0 Å². The lowest BCUT2D eigenvalue weighted by molar-refractivity contribution is -0.253. The van der Waals surface area contributed by atoms with Crippen LogP contribution < -0.4 is 0 Å². The van der Waals surface area contributed by atoms with Crippen molar-refractivity contribution in [2.75, 3.05) is 0 Å². The monoisotopic (exact) mass is 394 g/mol. The molecule has 4 rings (SSSR count). The van der Waals surface area contributed by atoms with Gasteiger partial charge in [0.1, 0.15) is 0 Å². The molecule has 4 aromatic rings. The van der Waals surface area contributed by atoms with Gasteiger partial charge in [0.25, 0.3) is 0 Å². The van der Waals surface area contributed by atoms with Crippen molar-refractivity contribution in [3.05, 3.63) is 72.6 Å². The van der Waals surface area contributed by atoms with Crippen molar-refractivity contribution >= 4 is 21.8 Å². The third-order valence-electron chi connectivity index (χ3n) is 4.61. The predicted octanol–water partition coefficient (Wildman–Crippen LogP) is 6.39. The van der Waals surface area contributed by atoms with Crippen molar-refractivity contribution in [2.45, 2.75) is 18.3 Å². The largest absolute Gasteiger partial charge is 0.404 e. The molecule has 0 aliphatic carbocycles. The highest BCUT2D eigenvalue weighted by atomic mass is 19.4. The zero-order valence-electron chi connectivity index (χ0n) is 14.1. The fourth-order valence-corrected chi connectivity index (χ4v) is 3.47. The number of hydrogen-bond donors (Lipinski definition) is 0. The molecule has 2 aromatic heterocycles. The summed E-state index contributed by atoms with van der Waals surface area (Å²) in [6.45, 7) is 0. The first-order valence-corrected chi connectivity index (χ1v) is 8.25. The van der Waals surface area contributed by atoms with Crippen molar-refractivity contribution < 1.29 is 26.3 Å². The average Bonchev–Trinajstić information content (AvgIpc) is 2.95. The maximum atomic E-state index is 13.0. The Morgan fingerprint density at radius 1 is 0.714 bits per heavy atom. The molecule has 0 spiro atoms. The van der Waals surface area contributed by atoms with Gasteiger partial charge in [-0.25, -0.2) is 0 Å². The molecule has 0 unspecified atom stereocenters. The zero-order chi connectivity index (χ0) is 20.1. The van der Waals surface area contributed by atoms with E-state index in [0.717, 1.165) is 33.9 Å². The number of rotatable bonds is 2. The molecule has 2 aromatic carbocycles. The number of alkyl halides is 6. The lowest BCUT2D eigenvalue weighted by Crippen LogP contribution is -2.34. The van der Waals surface area contributed by atoms with Crippen LogP contribution in [0.5, 0.6) is 0 Å². The van der Waals surface area contributed by atoms with E-state index >= 15 is 0 Å². The lowest BCUT2D eigenvalue weighted by Gasteiger charge is -2.23. The quantitative estimate of drug-likeness (QED) is 0.361. The van der Waals surface area contributed by atoms with Gasteiger partial charge in [-0.05, 0) is 29.8 Å². The topological polar surface area (TPSA) is 17.8 Å². The average molecular weight is 394 g/mol. The van der Waals surface area contributed by atoms with Gasteiger partial charge in [0.15, 0.2) is 5.92 Å². The van der Waals surface area contributed by atoms with Crippen LogP contribution in [0.15, 0.2) is 67.0 Å². The van der Waals surface area contributed by atoms with E-state index < -0.39 is 23.8 Å². The molecular formula is C20H12F6N2. The van der Waals surface area contributed by atoms with Crippen LogP contribution in [-0.2, 0) is 0 Å². The van der Waals surface area contributed by atoms with Crippen LogP contribution >= 0.6 is 0 Å². The third kappa shape index (κ3) is 2.98. The SMILES string of the molecule is FC(F)(F)C(c1ccc(-n2c3ccccc3c3cnccc32)cc1)C(F)(F)F. The van der Waals surface area contributed by atoms with Crippen LogP contribution in [0.4, 0.5) is 26.3 Å². The Morgan fingerprint density at radius 2 is 1.32 bits per heavy atom. The van der Waals surface area contributed by atoms with E-state index in [2.05, 4.69) is 4.98 Å². The van der Waals surface area contributed by atoms with Gasteiger partial charge < -0.3 is 4.57 Å². The number of hydrogen-bond acceptors (Lipinski definition) is 1. The molecule has 2 nitrogen and oxygen atoms in total. The van der Waals surface area contributed by atoms with Crippen molar-refractivity contribution in [3.8, 4) is 5.69 Å². The van der Waals surface area contributed by atoms with Gasteiger partial charge in [-0.3, -0.25) is 4.98 Å². The number of nitrogens with zero attached hydrogens (tertiary/aromatic N) is 2. The highest BCUT2D eigenvalue weighted by molar-refractivity contribution is 6.08. The van der Waals surface area contributed by atoms with Crippen molar-refractivity contribution in [3.63, 3.8) is 0 Å². The Labute approximate surface area is 155 Å². The van der Waals surface area contributed by atoms with Crippen molar-refractivity contribution in [2.24, 2.45) is 0 Å². The van der Waals surface area contributed by atoms with Crippen LogP contribution in [0.1, 0.15) is 11.5 Å². The van der Waals surface area contributed by atoms with E-state index in [4.69, 9.17) is 0 Å². The van der Waals surface area contributed by atoms with Crippen LogP contribution in [-0.4, -0.2) is 21.9 Å². The number of fused-ring (bicyclic) bond motifs is 3. The number of pyridine rings is 1. The normalized spacial score (nSPS) is 13.0. The Hall–Kier alpha value is -3.03. The molecule has 8 heteroatoms. The second-order valence-corrected chi connectivity index (χ2v) is 6.35. The Balaban J connectivity index is 1.88. The van der Waals surface area contributed by atoms with Gasteiger partial charge in [0.2, 0.25) is 0 Å². The summed E-state index contributed by atoms with van der Waals surface area (Å²) < 4.78 is 79.5. The summed E-state index contributed by atoms with van der Waals surface area (Å²) in [5.74, 6) is -3.52. The van der Waals surface area contributed by atoms with E-state index in [1.165, 1.54) is 12.1 Å². The fourth-order valence-electron chi connectivity index (χ4n) is 3.47. The van der Waals surface area contributed by atoms with Gasteiger partial charge in [0, 0.05) is 28.9 Å². The zero-order valence-corrected chi connectivity index (χ0v) is 14.1. The minimum absolute atomic E-state index is 0.462. The summed E-state index contributed by atoms with van der Waals surface area (Å²) in [6.07, 6.45) is -7.59. The highest BCUT2D eigenvalue weighted by Crippen LogP contribution is 2.46. The van der Waals surface area contributed by atoms with Crippen LogP contribution in [0.2, 0.25) is 0 Å². The molecule has 0 N–H and O–H groups in total. The molecule has 0 amide bonds. The maximum Gasteiger partial charge on any atom is 0.404 e. The van der Waals surface area contributed by atoms with E-state index in [1.54, 1.807) is 23.0 Å². The van der Waals surface area contributed by atoms with E-state index in [9.17, 15) is 26.3 Å². The summed E-state index contributed by atoms with van der Waals surface area (Å²) >= 11 is 0. The molecule has 0 atom stereocenters. The molecule has 0 aliphatic rings. The van der Waals surface area contributed by atoms with Crippen LogP contribution in [0.25, 0.3) is 27.5 Å². The first-order chi connectivity index (χ1) is 13.2. The molecular weight excluding hydrogens is 382 g/mol. The first kappa shape index (κ1) is 18.3. The van der Waals surface area contributed by atoms with E-state index in [0.29, 0.717) is 5.69 Å². The number of benzene rings is 2. The molecule has 2 heterocycles. The second-order valence-electron chi connectivity index (χ2n) is 6.35. The number of aromatic nitrogens is 2. The molecule has 0 saturated carbocycles. The first-order valence-electron chi connectivity index (χ1n) is 8.25. The second kappa shape index (κ2) is 6.25. The molecule has 28 heavy (non-hydrogen) atoms. The highest BCUT2D eigenvalue weighted by Gasteiger charge is 2.57. The van der Waals surface area contributed by atoms with Gasteiger partial charge in [-0.2, -0.15) is 26.3 Å². The van der Waals surface area contributed by atoms with Crippen molar-refractivity contribution in [1.82, 2.24) is 9.55 Å².